The summed E-state index contributed by atoms with van der Waals surface area (Å²) in [6.45, 7) is 1.97. The average molecular weight is 206 g/mol. The summed E-state index contributed by atoms with van der Waals surface area (Å²) in [6, 6.07) is 6.23. The predicted molar refractivity (Wildman–Crippen MR) is 57.2 cm³/mol. The summed E-state index contributed by atoms with van der Waals surface area (Å²) in [5.41, 5.74) is -0.405. The number of aromatic hydroxyl groups is 1. The smallest absolute Gasteiger partial charge is 0.224 e. The summed E-state index contributed by atoms with van der Waals surface area (Å²) in [6.07, 6.45) is 2.41. The Bertz CT molecular complexity index is 410. The fourth-order valence-electron chi connectivity index (χ4n) is 1.52. The molecule has 1 atom stereocenters. The lowest BCUT2D eigenvalue weighted by molar-refractivity contribution is 0.190. The first kappa shape index (κ1) is 10.0. The molecule has 3 heteroatoms. The van der Waals surface area contributed by atoms with Crippen LogP contribution >= 0.6 is 0 Å². The molecule has 1 saturated carbocycles. The Labute approximate surface area is 88.3 Å². The summed E-state index contributed by atoms with van der Waals surface area (Å²) in [4.78, 5) is 11.3. The van der Waals surface area contributed by atoms with Gasteiger partial charge in [0.2, 0.25) is 11.2 Å². The highest BCUT2D eigenvalue weighted by Crippen LogP contribution is 2.35. The number of ether oxygens (including phenoxy) is 1. The maximum Gasteiger partial charge on any atom is 0.224 e. The van der Waals surface area contributed by atoms with Crippen molar-refractivity contribution in [3.8, 4) is 11.5 Å². The highest BCUT2D eigenvalue weighted by atomic mass is 16.5. The summed E-state index contributed by atoms with van der Waals surface area (Å²) in [5.74, 6) is 0.557. The van der Waals surface area contributed by atoms with Crippen LogP contribution in [0.4, 0.5) is 0 Å². The third-order valence-corrected chi connectivity index (χ3v) is 2.67. The second-order valence-corrected chi connectivity index (χ2v) is 3.96. The van der Waals surface area contributed by atoms with Crippen LogP contribution in [0.15, 0.2) is 29.1 Å². The van der Waals surface area contributed by atoms with Gasteiger partial charge in [-0.25, -0.2) is 0 Å². The lowest BCUT2D eigenvalue weighted by Crippen LogP contribution is -2.14. The van der Waals surface area contributed by atoms with Crippen molar-refractivity contribution in [3.63, 3.8) is 0 Å². The van der Waals surface area contributed by atoms with E-state index >= 15 is 0 Å². The van der Waals surface area contributed by atoms with Gasteiger partial charge < -0.3 is 9.84 Å². The largest absolute Gasteiger partial charge is 0.502 e. The first-order valence-electron chi connectivity index (χ1n) is 5.17. The van der Waals surface area contributed by atoms with Crippen LogP contribution in [0.3, 0.4) is 0 Å². The fourth-order valence-corrected chi connectivity index (χ4v) is 1.52. The maximum absolute atomic E-state index is 11.3. The van der Waals surface area contributed by atoms with Gasteiger partial charge in [0.1, 0.15) is 0 Å². The van der Waals surface area contributed by atoms with E-state index in [-0.39, 0.29) is 17.6 Å². The van der Waals surface area contributed by atoms with Crippen molar-refractivity contribution in [2.24, 2.45) is 5.92 Å². The van der Waals surface area contributed by atoms with Crippen LogP contribution in [0.25, 0.3) is 0 Å². The minimum atomic E-state index is -0.405. The van der Waals surface area contributed by atoms with Gasteiger partial charge in [-0.2, -0.15) is 0 Å². The monoisotopic (exact) mass is 206 g/mol. The summed E-state index contributed by atoms with van der Waals surface area (Å²) in [7, 11) is 0. The Kier molecular flexibility index (Phi) is 2.62. The van der Waals surface area contributed by atoms with Gasteiger partial charge in [-0.3, -0.25) is 4.79 Å². The summed E-state index contributed by atoms with van der Waals surface area (Å²) in [5, 5.41) is 9.57. The third-order valence-electron chi connectivity index (χ3n) is 2.67. The second kappa shape index (κ2) is 3.93. The standard InChI is InChI=1S/C12H14O3/c1-8(9-6-7-9)15-11-5-3-2-4-10(13)12(11)14/h2-5,8-9H,6-7H2,1H3,(H,13,14). The molecule has 1 fully saturated rings. The van der Waals surface area contributed by atoms with Crippen LogP contribution in [-0.4, -0.2) is 11.2 Å². The molecule has 0 heterocycles. The molecule has 3 nitrogen and oxygen atoms in total. The van der Waals surface area contributed by atoms with Crippen LogP contribution in [0.5, 0.6) is 11.5 Å². The summed E-state index contributed by atoms with van der Waals surface area (Å²) < 4.78 is 5.56. The Balaban J connectivity index is 2.24. The minimum absolute atomic E-state index is 0.0673. The number of hydrogen-bond acceptors (Lipinski definition) is 3. The molecule has 0 aromatic heterocycles. The highest BCUT2D eigenvalue weighted by molar-refractivity contribution is 5.37. The van der Waals surface area contributed by atoms with Gasteiger partial charge in [0.15, 0.2) is 5.75 Å². The van der Waals surface area contributed by atoms with Crippen molar-refractivity contribution in [1.29, 1.82) is 0 Å². The van der Waals surface area contributed by atoms with E-state index in [1.54, 1.807) is 18.2 Å². The molecule has 0 aliphatic heterocycles. The van der Waals surface area contributed by atoms with E-state index in [0.717, 1.165) is 0 Å². The molecule has 0 amide bonds. The normalized spacial score (nSPS) is 17.1. The molecule has 80 valence electrons. The SMILES string of the molecule is CC(Oc1ccccc(=O)c1O)C1CC1. The van der Waals surface area contributed by atoms with Gasteiger partial charge in [-0.15, -0.1) is 0 Å². The third kappa shape index (κ3) is 2.29. The van der Waals surface area contributed by atoms with Gasteiger partial charge >= 0.3 is 0 Å². The number of hydrogen-bond donors (Lipinski definition) is 1. The summed E-state index contributed by atoms with van der Waals surface area (Å²) >= 11 is 0. The molecule has 0 saturated heterocycles. The predicted octanol–water partition coefficient (Wildman–Crippen LogP) is 1.93. The van der Waals surface area contributed by atoms with E-state index in [1.165, 1.54) is 18.9 Å². The Morgan fingerprint density at radius 1 is 1.40 bits per heavy atom. The zero-order chi connectivity index (χ0) is 10.8. The van der Waals surface area contributed by atoms with Gasteiger partial charge in [0, 0.05) is 0 Å². The van der Waals surface area contributed by atoms with Gasteiger partial charge in [-0.1, -0.05) is 12.1 Å². The Hall–Kier alpha value is -1.51. The van der Waals surface area contributed by atoms with Crippen LogP contribution < -0.4 is 10.2 Å². The van der Waals surface area contributed by atoms with Crippen LogP contribution in [-0.2, 0) is 0 Å². The van der Waals surface area contributed by atoms with Crippen molar-refractivity contribution in [1.82, 2.24) is 0 Å². The van der Waals surface area contributed by atoms with Crippen molar-refractivity contribution < 1.29 is 9.84 Å². The molecular formula is C12H14O3. The van der Waals surface area contributed by atoms with Gasteiger partial charge in [0.05, 0.1) is 6.10 Å². The van der Waals surface area contributed by atoms with Crippen molar-refractivity contribution >= 4 is 0 Å². The van der Waals surface area contributed by atoms with Gasteiger partial charge in [0.25, 0.3) is 0 Å². The number of rotatable bonds is 3. The Morgan fingerprint density at radius 2 is 2.07 bits per heavy atom. The lowest BCUT2D eigenvalue weighted by Gasteiger charge is -2.13. The molecule has 0 bridgehead atoms. The lowest BCUT2D eigenvalue weighted by atomic mass is 10.2. The van der Waals surface area contributed by atoms with E-state index in [4.69, 9.17) is 4.74 Å². The first-order chi connectivity index (χ1) is 7.18. The zero-order valence-electron chi connectivity index (χ0n) is 8.64. The fraction of sp³-hybridized carbons (Fsp3) is 0.417. The molecule has 0 spiro atoms. The molecule has 1 unspecified atom stereocenters. The van der Waals surface area contributed by atoms with E-state index in [9.17, 15) is 9.90 Å². The van der Waals surface area contributed by atoms with E-state index in [1.807, 2.05) is 6.92 Å². The molecule has 1 N–H and O–H groups in total. The molecule has 1 aliphatic carbocycles. The second-order valence-electron chi connectivity index (χ2n) is 3.96. The van der Waals surface area contributed by atoms with Crippen LogP contribution in [0.2, 0.25) is 0 Å². The maximum atomic E-state index is 11.3. The van der Waals surface area contributed by atoms with Gasteiger partial charge in [-0.05, 0) is 37.8 Å². The molecule has 15 heavy (non-hydrogen) atoms. The zero-order valence-corrected chi connectivity index (χ0v) is 8.64. The van der Waals surface area contributed by atoms with E-state index in [0.29, 0.717) is 5.92 Å². The van der Waals surface area contributed by atoms with Crippen LogP contribution in [0, 0.1) is 5.92 Å². The molecule has 1 aliphatic rings. The highest BCUT2D eigenvalue weighted by Gasteiger charge is 2.29. The van der Waals surface area contributed by atoms with E-state index < -0.39 is 5.43 Å². The Morgan fingerprint density at radius 3 is 2.73 bits per heavy atom. The minimum Gasteiger partial charge on any atom is -0.502 e. The van der Waals surface area contributed by atoms with E-state index in [2.05, 4.69) is 0 Å². The molecular weight excluding hydrogens is 192 g/mol. The molecule has 1 aromatic carbocycles. The van der Waals surface area contributed by atoms with Crippen LogP contribution in [0.1, 0.15) is 19.8 Å². The molecule has 0 radical (unpaired) electrons. The quantitative estimate of drug-likeness (QED) is 0.822. The van der Waals surface area contributed by atoms with Crippen molar-refractivity contribution in [3.05, 3.63) is 34.5 Å². The van der Waals surface area contributed by atoms with Crippen molar-refractivity contribution in [2.75, 3.05) is 0 Å². The topological polar surface area (TPSA) is 46.5 Å². The molecule has 2 rings (SSSR count). The van der Waals surface area contributed by atoms with Crippen molar-refractivity contribution in [2.45, 2.75) is 25.9 Å². The molecule has 1 aromatic rings. The first-order valence-corrected chi connectivity index (χ1v) is 5.17. The average Bonchev–Trinajstić information content (AvgIpc) is 3.02.